The summed E-state index contributed by atoms with van der Waals surface area (Å²) in [4.78, 5) is 0. The molecule has 1 rings (SSSR count). The minimum Gasteiger partial charge on any atom is -0.313 e. The van der Waals surface area contributed by atoms with Crippen LogP contribution in [-0.2, 0) is 0 Å². The minimum atomic E-state index is 0.746. The Hall–Kier alpha value is -0.0400. The Morgan fingerprint density at radius 3 is 2.11 bits per heavy atom. The Bertz CT molecular complexity index is 210. The van der Waals surface area contributed by atoms with E-state index in [0.29, 0.717) is 0 Å². The van der Waals surface area contributed by atoms with Gasteiger partial charge in [-0.05, 0) is 55.9 Å². The largest absolute Gasteiger partial charge is 0.313 e. The summed E-state index contributed by atoms with van der Waals surface area (Å²) in [7, 11) is 0. The lowest BCUT2D eigenvalue weighted by atomic mass is 9.84. The summed E-state index contributed by atoms with van der Waals surface area (Å²) in [6.07, 6.45) is 8.52. The van der Waals surface area contributed by atoms with Gasteiger partial charge < -0.3 is 5.32 Å². The van der Waals surface area contributed by atoms with Crippen LogP contribution < -0.4 is 5.32 Å². The maximum Gasteiger partial charge on any atom is 0.0118 e. The summed E-state index contributed by atoms with van der Waals surface area (Å²) in [6, 6.07) is 0.746. The quantitative estimate of drug-likeness (QED) is 0.666. The lowest BCUT2D eigenvalue weighted by molar-refractivity contribution is 0.252. The van der Waals surface area contributed by atoms with Crippen LogP contribution in [0.2, 0.25) is 0 Å². The Morgan fingerprint density at radius 2 is 1.56 bits per heavy atom. The molecule has 0 aromatic carbocycles. The molecule has 108 valence electrons. The number of rotatable bonds is 6. The van der Waals surface area contributed by atoms with Gasteiger partial charge in [0.15, 0.2) is 0 Å². The smallest absolute Gasteiger partial charge is 0.0118 e. The van der Waals surface area contributed by atoms with E-state index in [1.807, 2.05) is 0 Å². The zero-order valence-corrected chi connectivity index (χ0v) is 13.3. The zero-order valence-electron chi connectivity index (χ0n) is 13.3. The van der Waals surface area contributed by atoms with E-state index in [1.54, 1.807) is 0 Å². The van der Waals surface area contributed by atoms with Crippen LogP contribution in [-0.4, -0.2) is 12.6 Å². The molecule has 0 spiro atoms. The molecule has 0 aromatic heterocycles. The zero-order chi connectivity index (χ0) is 13.5. The highest BCUT2D eigenvalue weighted by Crippen LogP contribution is 2.34. The lowest BCUT2D eigenvalue weighted by Crippen LogP contribution is -2.40. The molecule has 3 unspecified atom stereocenters. The first kappa shape index (κ1) is 16.0. The fraction of sp³-hybridized carbons (Fsp3) is 1.00. The molecule has 0 bridgehead atoms. The monoisotopic (exact) mass is 253 g/mol. The standard InChI is InChI=1S/C17H35N/c1-6-12-18-17(14(4)5)16-9-7-8-15(10-11-16)13(2)3/h13-18H,6-12H2,1-5H3. The number of nitrogens with one attached hydrogen (secondary N) is 1. The molecule has 0 radical (unpaired) electrons. The number of hydrogen-bond acceptors (Lipinski definition) is 1. The van der Waals surface area contributed by atoms with E-state index in [-0.39, 0.29) is 0 Å². The van der Waals surface area contributed by atoms with Gasteiger partial charge in [0.05, 0.1) is 0 Å². The van der Waals surface area contributed by atoms with Crippen LogP contribution in [0.5, 0.6) is 0 Å². The van der Waals surface area contributed by atoms with Crippen molar-refractivity contribution in [3.63, 3.8) is 0 Å². The van der Waals surface area contributed by atoms with E-state index in [0.717, 1.165) is 29.7 Å². The van der Waals surface area contributed by atoms with Crippen LogP contribution in [0.25, 0.3) is 0 Å². The van der Waals surface area contributed by atoms with E-state index >= 15 is 0 Å². The molecule has 18 heavy (non-hydrogen) atoms. The first-order chi connectivity index (χ1) is 8.56. The maximum absolute atomic E-state index is 3.81. The maximum atomic E-state index is 3.81. The van der Waals surface area contributed by atoms with Crippen molar-refractivity contribution < 1.29 is 0 Å². The summed E-state index contributed by atoms with van der Waals surface area (Å²) < 4.78 is 0. The van der Waals surface area contributed by atoms with Gasteiger partial charge in [-0.2, -0.15) is 0 Å². The first-order valence-corrected chi connectivity index (χ1v) is 8.29. The molecule has 0 amide bonds. The Kier molecular flexibility index (Phi) is 7.29. The summed E-state index contributed by atoms with van der Waals surface area (Å²) >= 11 is 0. The number of hydrogen-bond donors (Lipinski definition) is 1. The van der Waals surface area contributed by atoms with Crippen molar-refractivity contribution in [1.82, 2.24) is 5.32 Å². The normalized spacial score (nSPS) is 27.5. The SMILES string of the molecule is CCCNC(C(C)C)C1CCCC(C(C)C)CC1. The summed E-state index contributed by atoms with van der Waals surface area (Å²) in [6.45, 7) is 13.0. The molecule has 0 aromatic rings. The molecule has 0 saturated heterocycles. The van der Waals surface area contributed by atoms with Gasteiger partial charge in [-0.25, -0.2) is 0 Å². The molecule has 1 nitrogen and oxygen atoms in total. The van der Waals surface area contributed by atoms with Gasteiger partial charge >= 0.3 is 0 Å². The second-order valence-corrected chi connectivity index (χ2v) is 7.00. The van der Waals surface area contributed by atoms with Gasteiger partial charge in [-0.15, -0.1) is 0 Å². The highest BCUT2D eigenvalue weighted by Gasteiger charge is 2.27. The Balaban J connectivity index is 2.52. The van der Waals surface area contributed by atoms with Crippen molar-refractivity contribution in [2.75, 3.05) is 6.54 Å². The summed E-state index contributed by atoms with van der Waals surface area (Å²) in [5, 5.41) is 3.81. The molecule has 3 atom stereocenters. The van der Waals surface area contributed by atoms with Crippen LogP contribution in [0, 0.1) is 23.7 Å². The van der Waals surface area contributed by atoms with E-state index in [9.17, 15) is 0 Å². The van der Waals surface area contributed by atoms with Crippen LogP contribution in [0.15, 0.2) is 0 Å². The van der Waals surface area contributed by atoms with E-state index in [2.05, 4.69) is 39.9 Å². The van der Waals surface area contributed by atoms with Crippen LogP contribution in [0.3, 0.4) is 0 Å². The molecule has 1 aliphatic rings. The van der Waals surface area contributed by atoms with E-state index in [1.165, 1.54) is 45.1 Å². The predicted octanol–water partition coefficient (Wildman–Crippen LogP) is 4.86. The van der Waals surface area contributed by atoms with Crippen LogP contribution in [0.4, 0.5) is 0 Å². The third-order valence-corrected chi connectivity index (χ3v) is 4.86. The Morgan fingerprint density at radius 1 is 0.944 bits per heavy atom. The fourth-order valence-corrected chi connectivity index (χ4v) is 3.64. The third kappa shape index (κ3) is 4.91. The molecule has 1 heteroatoms. The highest BCUT2D eigenvalue weighted by molar-refractivity contribution is 4.83. The molecular weight excluding hydrogens is 218 g/mol. The van der Waals surface area contributed by atoms with Gasteiger partial charge in [-0.1, -0.05) is 47.5 Å². The predicted molar refractivity (Wildman–Crippen MR) is 81.8 cm³/mol. The molecule has 1 saturated carbocycles. The third-order valence-electron chi connectivity index (χ3n) is 4.86. The minimum absolute atomic E-state index is 0.746. The molecule has 0 aliphatic heterocycles. The van der Waals surface area contributed by atoms with Gasteiger partial charge in [0.1, 0.15) is 0 Å². The second-order valence-electron chi connectivity index (χ2n) is 7.00. The van der Waals surface area contributed by atoms with Gasteiger partial charge in [-0.3, -0.25) is 0 Å². The summed E-state index contributed by atoms with van der Waals surface area (Å²) in [5.41, 5.74) is 0. The van der Waals surface area contributed by atoms with Crippen molar-refractivity contribution in [2.24, 2.45) is 23.7 Å². The summed E-state index contributed by atoms with van der Waals surface area (Å²) in [5.74, 6) is 3.55. The van der Waals surface area contributed by atoms with Gasteiger partial charge in [0.25, 0.3) is 0 Å². The molecule has 1 fully saturated rings. The van der Waals surface area contributed by atoms with E-state index in [4.69, 9.17) is 0 Å². The van der Waals surface area contributed by atoms with Crippen LogP contribution in [0.1, 0.15) is 73.1 Å². The van der Waals surface area contributed by atoms with Crippen LogP contribution >= 0.6 is 0 Å². The van der Waals surface area contributed by atoms with Gasteiger partial charge in [0, 0.05) is 6.04 Å². The Labute approximate surface area is 115 Å². The fourth-order valence-electron chi connectivity index (χ4n) is 3.64. The molecule has 1 N–H and O–H groups in total. The molecule has 1 aliphatic carbocycles. The average Bonchev–Trinajstić information content (AvgIpc) is 2.55. The average molecular weight is 253 g/mol. The van der Waals surface area contributed by atoms with Crippen molar-refractivity contribution in [3.8, 4) is 0 Å². The van der Waals surface area contributed by atoms with Crippen molar-refractivity contribution in [3.05, 3.63) is 0 Å². The van der Waals surface area contributed by atoms with Crippen molar-refractivity contribution >= 4 is 0 Å². The molecular formula is C17H35N. The topological polar surface area (TPSA) is 12.0 Å². The van der Waals surface area contributed by atoms with Gasteiger partial charge in [0.2, 0.25) is 0 Å². The molecule has 0 heterocycles. The lowest BCUT2D eigenvalue weighted by Gasteiger charge is -2.31. The first-order valence-electron chi connectivity index (χ1n) is 8.29. The second kappa shape index (κ2) is 8.19. The van der Waals surface area contributed by atoms with Crippen molar-refractivity contribution in [1.29, 1.82) is 0 Å². The van der Waals surface area contributed by atoms with Crippen molar-refractivity contribution in [2.45, 2.75) is 79.2 Å². The highest BCUT2D eigenvalue weighted by atomic mass is 14.9. The van der Waals surface area contributed by atoms with E-state index < -0.39 is 0 Å².